The molecule has 0 aromatic carbocycles. The Morgan fingerprint density at radius 2 is 1.89 bits per heavy atom. The lowest BCUT2D eigenvalue weighted by atomic mass is 10.3. The van der Waals surface area contributed by atoms with Crippen LogP contribution in [0.2, 0.25) is 0 Å². The first-order chi connectivity index (χ1) is 8.18. The number of rotatable bonds is 7. The Hall–Kier alpha value is -1.64. The first kappa shape index (κ1) is 16.4. The summed E-state index contributed by atoms with van der Waals surface area (Å²) in [7, 11) is -3.96. The molecule has 2 N–H and O–H groups in total. The monoisotopic (exact) mass is 281 g/mol. The van der Waals surface area contributed by atoms with Gasteiger partial charge in [-0.2, -0.15) is 0 Å². The molecule has 0 rings (SSSR count). The number of sulfone groups is 1. The van der Waals surface area contributed by atoms with Crippen molar-refractivity contribution >= 4 is 27.7 Å². The number of amides is 1. The van der Waals surface area contributed by atoms with E-state index in [-0.39, 0.29) is 6.61 Å². The standard InChI is InChI=1S/C9H15NO7S/c1-3-17-8(12)5-18(15,16)4-7(9(13)14)10-6(2)11/h7H,3-5H2,1-2H3,(H,10,11)(H,13,14). The molecule has 0 spiro atoms. The third-order valence-electron chi connectivity index (χ3n) is 1.74. The van der Waals surface area contributed by atoms with Crippen molar-refractivity contribution in [3.8, 4) is 0 Å². The van der Waals surface area contributed by atoms with Gasteiger partial charge in [0, 0.05) is 6.92 Å². The molecule has 0 aromatic rings. The number of ether oxygens (including phenoxy) is 1. The fraction of sp³-hybridized carbons (Fsp3) is 0.667. The summed E-state index contributed by atoms with van der Waals surface area (Å²) in [5, 5.41) is 10.7. The molecule has 1 atom stereocenters. The van der Waals surface area contributed by atoms with E-state index in [9.17, 15) is 22.8 Å². The zero-order valence-corrected chi connectivity index (χ0v) is 10.8. The molecule has 1 amide bonds. The zero-order valence-electron chi connectivity index (χ0n) is 10.0. The van der Waals surface area contributed by atoms with E-state index < -0.39 is 45.2 Å². The molecule has 1 unspecified atom stereocenters. The molecule has 0 saturated heterocycles. The Morgan fingerprint density at radius 3 is 2.28 bits per heavy atom. The normalized spacial score (nSPS) is 12.6. The van der Waals surface area contributed by atoms with Gasteiger partial charge in [0.1, 0.15) is 11.8 Å². The fourth-order valence-electron chi connectivity index (χ4n) is 1.12. The molecule has 0 aliphatic carbocycles. The second-order valence-corrected chi connectivity index (χ2v) is 5.56. The Kier molecular flexibility index (Phi) is 6.31. The van der Waals surface area contributed by atoms with Gasteiger partial charge in [0.25, 0.3) is 0 Å². The molecule has 8 nitrogen and oxygen atoms in total. The van der Waals surface area contributed by atoms with Crippen LogP contribution in [0.4, 0.5) is 0 Å². The summed E-state index contributed by atoms with van der Waals surface area (Å²) in [6.45, 7) is 2.61. The summed E-state index contributed by atoms with van der Waals surface area (Å²) in [4.78, 5) is 32.4. The molecule has 104 valence electrons. The first-order valence-corrected chi connectivity index (χ1v) is 6.86. The average molecular weight is 281 g/mol. The van der Waals surface area contributed by atoms with Crippen LogP contribution >= 0.6 is 0 Å². The minimum atomic E-state index is -3.96. The maximum Gasteiger partial charge on any atom is 0.327 e. The van der Waals surface area contributed by atoms with Crippen molar-refractivity contribution < 1.29 is 32.6 Å². The lowest BCUT2D eigenvalue weighted by molar-refractivity contribution is -0.141. The van der Waals surface area contributed by atoms with E-state index in [0.717, 1.165) is 6.92 Å². The van der Waals surface area contributed by atoms with Crippen LogP contribution in [0, 0.1) is 0 Å². The van der Waals surface area contributed by atoms with Gasteiger partial charge in [-0.3, -0.25) is 9.59 Å². The van der Waals surface area contributed by atoms with Gasteiger partial charge < -0.3 is 15.2 Å². The molecule has 0 bridgehead atoms. The highest BCUT2D eigenvalue weighted by molar-refractivity contribution is 7.92. The van der Waals surface area contributed by atoms with Crippen LogP contribution in [0.15, 0.2) is 0 Å². The van der Waals surface area contributed by atoms with Gasteiger partial charge in [-0.05, 0) is 6.92 Å². The highest BCUT2D eigenvalue weighted by Crippen LogP contribution is 1.98. The van der Waals surface area contributed by atoms with Gasteiger partial charge in [-0.1, -0.05) is 0 Å². The third kappa shape index (κ3) is 6.84. The number of carbonyl (C=O) groups is 3. The third-order valence-corrected chi connectivity index (χ3v) is 3.26. The number of carboxylic acids is 1. The van der Waals surface area contributed by atoms with E-state index in [1.165, 1.54) is 6.92 Å². The second kappa shape index (κ2) is 6.94. The summed E-state index contributed by atoms with van der Waals surface area (Å²) in [6.07, 6.45) is 0. The molecule has 9 heteroatoms. The van der Waals surface area contributed by atoms with Gasteiger partial charge in [0.15, 0.2) is 9.84 Å². The van der Waals surface area contributed by atoms with Gasteiger partial charge >= 0.3 is 11.9 Å². The Balaban J connectivity index is 4.66. The smallest absolute Gasteiger partial charge is 0.327 e. The number of esters is 1. The largest absolute Gasteiger partial charge is 0.480 e. The molecular formula is C9H15NO7S. The first-order valence-electron chi connectivity index (χ1n) is 5.04. The van der Waals surface area contributed by atoms with Gasteiger partial charge in [-0.15, -0.1) is 0 Å². The van der Waals surface area contributed by atoms with E-state index in [0.29, 0.717) is 0 Å². The second-order valence-electron chi connectivity index (χ2n) is 3.45. The van der Waals surface area contributed by atoms with E-state index in [1.807, 2.05) is 5.32 Å². The minimum Gasteiger partial charge on any atom is -0.480 e. The molecular weight excluding hydrogens is 266 g/mol. The zero-order chi connectivity index (χ0) is 14.3. The van der Waals surface area contributed by atoms with Crippen LogP contribution in [-0.2, 0) is 29.0 Å². The highest BCUT2D eigenvalue weighted by Gasteiger charge is 2.28. The number of carbonyl (C=O) groups excluding carboxylic acids is 2. The van der Waals surface area contributed by atoms with Crippen LogP contribution in [0.5, 0.6) is 0 Å². The molecule has 0 fully saturated rings. The van der Waals surface area contributed by atoms with E-state index in [4.69, 9.17) is 5.11 Å². The summed E-state index contributed by atoms with van der Waals surface area (Å²) in [6, 6.07) is -1.58. The Morgan fingerprint density at radius 1 is 1.33 bits per heavy atom. The lowest BCUT2D eigenvalue weighted by Gasteiger charge is -2.13. The van der Waals surface area contributed by atoms with Crippen molar-refractivity contribution in [1.82, 2.24) is 5.32 Å². The molecule has 0 aromatic heterocycles. The quantitative estimate of drug-likeness (QED) is 0.547. The summed E-state index contributed by atoms with van der Waals surface area (Å²) >= 11 is 0. The predicted octanol–water partition coefficient (Wildman–Crippen LogP) is -1.45. The highest BCUT2D eigenvalue weighted by atomic mass is 32.2. The number of aliphatic carboxylic acids is 1. The van der Waals surface area contributed by atoms with Crippen LogP contribution in [0.3, 0.4) is 0 Å². The molecule has 0 aliphatic rings. The number of hydrogen-bond donors (Lipinski definition) is 2. The van der Waals surface area contributed by atoms with Crippen molar-refractivity contribution in [3.63, 3.8) is 0 Å². The van der Waals surface area contributed by atoms with Crippen molar-refractivity contribution in [1.29, 1.82) is 0 Å². The SMILES string of the molecule is CCOC(=O)CS(=O)(=O)CC(NC(C)=O)C(=O)O. The average Bonchev–Trinajstić information content (AvgIpc) is 2.14. The van der Waals surface area contributed by atoms with E-state index >= 15 is 0 Å². The minimum absolute atomic E-state index is 0.0302. The molecule has 0 saturated carbocycles. The van der Waals surface area contributed by atoms with Crippen molar-refractivity contribution in [3.05, 3.63) is 0 Å². The Labute approximate surface area is 104 Å². The van der Waals surface area contributed by atoms with Crippen LogP contribution in [0.1, 0.15) is 13.8 Å². The topological polar surface area (TPSA) is 127 Å². The number of carboxylic acid groups (broad SMARTS) is 1. The van der Waals surface area contributed by atoms with Gasteiger partial charge in [0.05, 0.1) is 12.4 Å². The van der Waals surface area contributed by atoms with Crippen LogP contribution < -0.4 is 5.32 Å². The predicted molar refractivity (Wildman–Crippen MR) is 60.5 cm³/mol. The fourth-order valence-corrected chi connectivity index (χ4v) is 2.41. The lowest BCUT2D eigenvalue weighted by Crippen LogP contribution is -2.45. The summed E-state index contributed by atoms with van der Waals surface area (Å²) < 4.78 is 27.4. The molecule has 18 heavy (non-hydrogen) atoms. The van der Waals surface area contributed by atoms with Crippen LogP contribution in [0.25, 0.3) is 0 Å². The number of nitrogens with one attached hydrogen (secondary N) is 1. The molecule has 0 heterocycles. The van der Waals surface area contributed by atoms with Crippen molar-refractivity contribution in [2.75, 3.05) is 18.1 Å². The Bertz CT molecular complexity index is 428. The summed E-state index contributed by atoms with van der Waals surface area (Å²) in [5.74, 6) is -4.89. The van der Waals surface area contributed by atoms with Crippen LogP contribution in [-0.4, -0.2) is 55.5 Å². The maximum atomic E-state index is 11.5. The van der Waals surface area contributed by atoms with E-state index in [2.05, 4.69) is 4.74 Å². The van der Waals surface area contributed by atoms with E-state index in [1.54, 1.807) is 0 Å². The van der Waals surface area contributed by atoms with Gasteiger partial charge in [-0.25, -0.2) is 13.2 Å². The van der Waals surface area contributed by atoms with Gasteiger partial charge in [0.2, 0.25) is 5.91 Å². The molecule has 0 radical (unpaired) electrons. The maximum absolute atomic E-state index is 11.5. The molecule has 0 aliphatic heterocycles. The van der Waals surface area contributed by atoms with Crippen molar-refractivity contribution in [2.45, 2.75) is 19.9 Å². The number of hydrogen-bond acceptors (Lipinski definition) is 6. The van der Waals surface area contributed by atoms with Crippen molar-refractivity contribution in [2.24, 2.45) is 0 Å². The summed E-state index contributed by atoms with van der Waals surface area (Å²) in [5.41, 5.74) is 0.